The number of esters is 1. The Bertz CT molecular complexity index is 586. The van der Waals surface area contributed by atoms with Crippen molar-refractivity contribution in [3.63, 3.8) is 0 Å². The first-order chi connectivity index (χ1) is 9.86. The molecule has 0 N–H and O–H groups in total. The minimum absolute atomic E-state index is 0.0491. The van der Waals surface area contributed by atoms with E-state index in [1.54, 1.807) is 0 Å². The molecule has 21 heavy (non-hydrogen) atoms. The van der Waals surface area contributed by atoms with E-state index in [0.717, 1.165) is 18.9 Å². The number of carbonyl (C=O) groups excluding carboxylic acids is 1. The molecule has 0 bridgehead atoms. The summed E-state index contributed by atoms with van der Waals surface area (Å²) in [5.41, 5.74) is -0.0491. The number of ether oxygens (including phenoxy) is 2. The van der Waals surface area contributed by atoms with Crippen molar-refractivity contribution >= 4 is 37.3 Å². The quantitative estimate of drug-likeness (QED) is 0.407. The molecule has 0 heterocycles. The highest BCUT2D eigenvalue weighted by atomic mass is 35.7. The average Bonchev–Trinajstić information content (AvgIpc) is 2.41. The second-order valence-electron chi connectivity index (χ2n) is 4.18. The summed E-state index contributed by atoms with van der Waals surface area (Å²) >= 11 is 5.85. The van der Waals surface area contributed by atoms with Crippen molar-refractivity contribution in [3.05, 3.63) is 28.8 Å². The molecular formula is C13H16Cl2O5S. The number of benzene rings is 1. The molecule has 118 valence electrons. The minimum Gasteiger partial charge on any atom is -0.460 e. The van der Waals surface area contributed by atoms with E-state index in [1.165, 1.54) is 12.1 Å². The molecule has 0 saturated heterocycles. The van der Waals surface area contributed by atoms with Crippen molar-refractivity contribution in [2.24, 2.45) is 0 Å². The summed E-state index contributed by atoms with van der Waals surface area (Å²) in [7, 11) is 1.29. The molecule has 1 aromatic carbocycles. The lowest BCUT2D eigenvalue weighted by Crippen LogP contribution is -2.12. The fourth-order valence-electron chi connectivity index (χ4n) is 1.43. The molecule has 0 aliphatic heterocycles. The van der Waals surface area contributed by atoms with Gasteiger partial charge < -0.3 is 9.47 Å². The first-order valence-electron chi connectivity index (χ1n) is 6.35. The summed E-state index contributed by atoms with van der Waals surface area (Å²) < 4.78 is 32.7. The Morgan fingerprint density at radius 3 is 2.57 bits per heavy atom. The third-order valence-corrected chi connectivity index (χ3v) is 4.22. The van der Waals surface area contributed by atoms with Crippen LogP contribution in [0.4, 0.5) is 0 Å². The van der Waals surface area contributed by atoms with E-state index in [2.05, 4.69) is 0 Å². The van der Waals surface area contributed by atoms with Gasteiger partial charge in [0.1, 0.15) is 6.61 Å². The van der Waals surface area contributed by atoms with Crippen LogP contribution in [0.3, 0.4) is 0 Å². The van der Waals surface area contributed by atoms with E-state index >= 15 is 0 Å². The van der Waals surface area contributed by atoms with Crippen molar-refractivity contribution in [1.29, 1.82) is 0 Å². The van der Waals surface area contributed by atoms with Crippen LogP contribution in [-0.4, -0.2) is 34.2 Å². The van der Waals surface area contributed by atoms with Crippen LogP contribution >= 0.6 is 22.3 Å². The molecule has 0 aliphatic carbocycles. The molecule has 0 radical (unpaired) electrons. The van der Waals surface area contributed by atoms with Crippen LogP contribution in [0.5, 0.6) is 0 Å². The Hall–Kier alpha value is -0.820. The highest BCUT2D eigenvalue weighted by Crippen LogP contribution is 2.23. The van der Waals surface area contributed by atoms with Crippen molar-refractivity contribution in [1.82, 2.24) is 0 Å². The molecule has 1 rings (SSSR count). The molecule has 8 heteroatoms. The maximum Gasteiger partial charge on any atom is 0.339 e. The Morgan fingerprint density at radius 2 is 1.95 bits per heavy atom. The zero-order valence-electron chi connectivity index (χ0n) is 11.5. The molecule has 0 fully saturated rings. The molecule has 0 saturated carbocycles. The second-order valence-corrected chi connectivity index (χ2v) is 7.15. The summed E-state index contributed by atoms with van der Waals surface area (Å²) in [6.07, 6.45) is 1.96. The van der Waals surface area contributed by atoms with Gasteiger partial charge in [-0.25, -0.2) is 13.2 Å². The number of halogens is 2. The molecular weight excluding hydrogens is 339 g/mol. The normalized spacial score (nSPS) is 11.4. The third-order valence-electron chi connectivity index (χ3n) is 2.54. The number of unbranched alkanes of at least 4 members (excludes halogenated alkanes) is 1. The molecule has 0 atom stereocenters. The molecule has 0 spiro atoms. The Labute approximate surface area is 133 Å². The number of rotatable bonds is 8. The smallest absolute Gasteiger partial charge is 0.339 e. The fraction of sp³-hybridized carbons (Fsp3) is 0.462. The molecule has 0 aromatic heterocycles. The lowest BCUT2D eigenvalue weighted by atomic mass is 10.2. The van der Waals surface area contributed by atoms with Crippen LogP contribution in [0.1, 0.15) is 30.1 Å². The Kier molecular flexibility index (Phi) is 7.45. The van der Waals surface area contributed by atoms with Gasteiger partial charge in [0.05, 0.1) is 22.1 Å². The van der Waals surface area contributed by atoms with Gasteiger partial charge in [-0.2, -0.15) is 0 Å². The highest BCUT2D eigenvalue weighted by molar-refractivity contribution is 8.13. The van der Waals surface area contributed by atoms with E-state index in [1.807, 2.05) is 6.92 Å². The predicted octanol–water partition coefficient (Wildman–Crippen LogP) is 3.24. The summed E-state index contributed by atoms with van der Waals surface area (Å²) in [5, 5.41) is 0.0935. The average molecular weight is 355 g/mol. The molecule has 0 aliphatic rings. The standard InChI is InChI=1S/C13H16Cl2O5S/c1-2-3-6-19-7-8-20-13(16)11-9-10(21(15,17)18)4-5-12(11)14/h4-5,9H,2-3,6-8H2,1H3. The zero-order chi connectivity index (χ0) is 15.9. The predicted molar refractivity (Wildman–Crippen MR) is 80.5 cm³/mol. The maximum atomic E-state index is 11.8. The fourth-order valence-corrected chi connectivity index (χ4v) is 2.40. The van der Waals surface area contributed by atoms with Gasteiger partial charge in [0.2, 0.25) is 0 Å². The van der Waals surface area contributed by atoms with E-state index in [-0.39, 0.29) is 28.7 Å². The van der Waals surface area contributed by atoms with E-state index in [0.29, 0.717) is 6.61 Å². The topological polar surface area (TPSA) is 69.7 Å². The van der Waals surface area contributed by atoms with Crippen molar-refractivity contribution < 1.29 is 22.7 Å². The summed E-state index contributed by atoms with van der Waals surface area (Å²) in [6.45, 7) is 2.99. The lowest BCUT2D eigenvalue weighted by Gasteiger charge is -2.08. The Balaban J connectivity index is 2.62. The lowest BCUT2D eigenvalue weighted by molar-refractivity contribution is 0.0314. The first-order valence-corrected chi connectivity index (χ1v) is 9.04. The van der Waals surface area contributed by atoms with Gasteiger partial charge in [0.15, 0.2) is 0 Å². The maximum absolute atomic E-state index is 11.8. The van der Waals surface area contributed by atoms with Crippen LogP contribution in [0.15, 0.2) is 23.1 Å². The van der Waals surface area contributed by atoms with Gasteiger partial charge in [-0.15, -0.1) is 0 Å². The molecule has 1 aromatic rings. The zero-order valence-corrected chi connectivity index (χ0v) is 13.8. The van der Waals surface area contributed by atoms with Crippen molar-refractivity contribution in [3.8, 4) is 0 Å². The second kappa shape index (κ2) is 8.58. The van der Waals surface area contributed by atoms with E-state index < -0.39 is 15.0 Å². The largest absolute Gasteiger partial charge is 0.460 e. The van der Waals surface area contributed by atoms with Crippen LogP contribution < -0.4 is 0 Å². The summed E-state index contributed by atoms with van der Waals surface area (Å²) in [4.78, 5) is 11.6. The van der Waals surface area contributed by atoms with Crippen molar-refractivity contribution in [2.45, 2.75) is 24.7 Å². The summed E-state index contributed by atoms with van der Waals surface area (Å²) in [5.74, 6) is -0.721. The molecule has 0 unspecified atom stereocenters. The van der Waals surface area contributed by atoms with E-state index in [4.69, 9.17) is 31.8 Å². The van der Waals surface area contributed by atoms with Gasteiger partial charge in [0.25, 0.3) is 9.05 Å². The third kappa shape index (κ3) is 6.22. The number of hydrogen-bond donors (Lipinski definition) is 0. The monoisotopic (exact) mass is 354 g/mol. The summed E-state index contributed by atoms with van der Waals surface area (Å²) in [6, 6.07) is 3.59. The van der Waals surface area contributed by atoms with Gasteiger partial charge in [-0.05, 0) is 24.6 Å². The van der Waals surface area contributed by atoms with Crippen molar-refractivity contribution in [2.75, 3.05) is 19.8 Å². The molecule has 0 amide bonds. The van der Waals surface area contributed by atoms with Crippen LogP contribution in [-0.2, 0) is 18.5 Å². The van der Waals surface area contributed by atoms with Gasteiger partial charge in [-0.1, -0.05) is 24.9 Å². The van der Waals surface area contributed by atoms with Gasteiger partial charge in [0, 0.05) is 17.3 Å². The Morgan fingerprint density at radius 1 is 1.24 bits per heavy atom. The first kappa shape index (κ1) is 18.2. The van der Waals surface area contributed by atoms with E-state index in [9.17, 15) is 13.2 Å². The number of hydrogen-bond acceptors (Lipinski definition) is 5. The van der Waals surface area contributed by atoms with Crippen LogP contribution in [0.25, 0.3) is 0 Å². The van der Waals surface area contributed by atoms with Gasteiger partial charge >= 0.3 is 5.97 Å². The highest BCUT2D eigenvalue weighted by Gasteiger charge is 2.17. The van der Waals surface area contributed by atoms with Crippen LogP contribution in [0, 0.1) is 0 Å². The van der Waals surface area contributed by atoms with Crippen LogP contribution in [0.2, 0.25) is 5.02 Å². The molecule has 5 nitrogen and oxygen atoms in total. The number of carbonyl (C=O) groups is 1. The SMILES string of the molecule is CCCCOCCOC(=O)c1cc(S(=O)(=O)Cl)ccc1Cl. The van der Waals surface area contributed by atoms with Gasteiger partial charge in [-0.3, -0.25) is 0 Å². The minimum atomic E-state index is -3.93.